The Hall–Kier alpha value is -0.340. The molecule has 0 aromatic rings. The van der Waals surface area contributed by atoms with E-state index < -0.39 is 0 Å². The molecule has 3 atom stereocenters. The van der Waals surface area contributed by atoms with E-state index in [0.717, 1.165) is 24.4 Å². The van der Waals surface area contributed by atoms with E-state index >= 15 is 0 Å². The molecule has 0 radical (unpaired) electrons. The topological polar surface area (TPSA) is 15.3 Å². The molecule has 2 heteroatoms. The van der Waals surface area contributed by atoms with E-state index in [1.807, 2.05) is 6.08 Å². The van der Waals surface area contributed by atoms with E-state index in [-0.39, 0.29) is 0 Å². The van der Waals surface area contributed by atoms with E-state index in [2.05, 4.69) is 23.8 Å². The van der Waals surface area contributed by atoms with Crippen LogP contribution in [-0.4, -0.2) is 37.1 Å². The van der Waals surface area contributed by atoms with Crippen molar-refractivity contribution in [3.05, 3.63) is 12.7 Å². The number of unbranched alkanes of at least 4 members (excludes halogenated alkanes) is 1. The normalized spacial score (nSPS) is 32.2. The summed E-state index contributed by atoms with van der Waals surface area (Å²) in [6.07, 6.45) is 13.1. The lowest BCUT2D eigenvalue weighted by molar-refractivity contribution is 0.152. The molecule has 3 unspecified atom stereocenters. The fourth-order valence-corrected chi connectivity index (χ4v) is 3.69. The zero-order valence-corrected chi connectivity index (χ0v) is 12.0. The van der Waals surface area contributed by atoms with Crippen LogP contribution in [0.2, 0.25) is 0 Å². The Bertz CT molecular complexity index is 251. The van der Waals surface area contributed by atoms with E-state index in [9.17, 15) is 0 Å². The second-order valence-electron chi connectivity index (χ2n) is 6.29. The van der Waals surface area contributed by atoms with Gasteiger partial charge in [0.2, 0.25) is 0 Å². The first kappa shape index (κ1) is 14.1. The predicted octanol–water partition coefficient (Wildman–Crippen LogP) is 3.20. The van der Waals surface area contributed by atoms with E-state index in [4.69, 9.17) is 0 Å². The van der Waals surface area contributed by atoms with Gasteiger partial charge in [-0.2, -0.15) is 0 Å². The quantitative estimate of drug-likeness (QED) is 0.575. The summed E-state index contributed by atoms with van der Waals surface area (Å²) in [7, 11) is 2.26. The fourth-order valence-electron chi connectivity index (χ4n) is 3.69. The summed E-state index contributed by atoms with van der Waals surface area (Å²) < 4.78 is 0. The summed E-state index contributed by atoms with van der Waals surface area (Å²) in [6, 6.07) is 1.57. The predicted molar refractivity (Wildman–Crippen MR) is 78.8 cm³/mol. The SMILES string of the molecule is C=CCCCN(C)CC1CCC2CCCCC2N1. The number of nitrogens with zero attached hydrogens (tertiary/aromatic N) is 1. The summed E-state index contributed by atoms with van der Waals surface area (Å²) in [4.78, 5) is 2.49. The van der Waals surface area contributed by atoms with Gasteiger partial charge in [0.05, 0.1) is 0 Å². The number of allylic oxidation sites excluding steroid dienone is 1. The molecule has 1 saturated carbocycles. The van der Waals surface area contributed by atoms with Gasteiger partial charge in [-0.3, -0.25) is 0 Å². The van der Waals surface area contributed by atoms with E-state index in [1.54, 1.807) is 0 Å². The fraction of sp³-hybridized carbons (Fsp3) is 0.875. The van der Waals surface area contributed by atoms with Crippen molar-refractivity contribution >= 4 is 0 Å². The Balaban J connectivity index is 1.68. The Kier molecular flexibility index (Phi) is 5.71. The minimum atomic E-state index is 0.734. The molecular formula is C16H30N2. The van der Waals surface area contributed by atoms with Crippen LogP contribution < -0.4 is 5.32 Å². The Morgan fingerprint density at radius 1 is 1.22 bits per heavy atom. The van der Waals surface area contributed by atoms with Crippen LogP contribution in [0, 0.1) is 5.92 Å². The van der Waals surface area contributed by atoms with Crippen LogP contribution in [0.4, 0.5) is 0 Å². The van der Waals surface area contributed by atoms with Crippen LogP contribution in [0.1, 0.15) is 51.4 Å². The molecule has 2 nitrogen and oxygen atoms in total. The van der Waals surface area contributed by atoms with Crippen LogP contribution >= 0.6 is 0 Å². The minimum Gasteiger partial charge on any atom is -0.310 e. The molecule has 2 aliphatic rings. The molecule has 2 rings (SSSR count). The van der Waals surface area contributed by atoms with Gasteiger partial charge in [0.25, 0.3) is 0 Å². The molecule has 18 heavy (non-hydrogen) atoms. The third-order valence-corrected chi connectivity index (χ3v) is 4.72. The summed E-state index contributed by atoms with van der Waals surface area (Å²) in [5.41, 5.74) is 0. The van der Waals surface area contributed by atoms with Gasteiger partial charge in [-0.05, 0) is 58.0 Å². The number of rotatable bonds is 6. The van der Waals surface area contributed by atoms with Crippen molar-refractivity contribution in [3.8, 4) is 0 Å². The molecular weight excluding hydrogens is 220 g/mol. The van der Waals surface area contributed by atoms with E-state index in [1.165, 1.54) is 58.0 Å². The van der Waals surface area contributed by atoms with Crippen molar-refractivity contribution in [1.82, 2.24) is 10.2 Å². The smallest absolute Gasteiger partial charge is 0.0197 e. The lowest BCUT2D eigenvalue weighted by atomic mass is 9.78. The summed E-state index contributed by atoms with van der Waals surface area (Å²) in [5.74, 6) is 0.987. The molecule has 0 spiro atoms. The largest absolute Gasteiger partial charge is 0.310 e. The maximum Gasteiger partial charge on any atom is 0.0197 e. The number of fused-ring (bicyclic) bond motifs is 1. The maximum absolute atomic E-state index is 3.91. The zero-order chi connectivity index (χ0) is 12.8. The molecule has 0 bridgehead atoms. The van der Waals surface area contributed by atoms with Crippen molar-refractivity contribution in [2.24, 2.45) is 5.92 Å². The van der Waals surface area contributed by atoms with Gasteiger partial charge in [0, 0.05) is 18.6 Å². The lowest BCUT2D eigenvalue weighted by Gasteiger charge is -2.41. The molecule has 0 aromatic heterocycles. The number of hydrogen-bond acceptors (Lipinski definition) is 2. The van der Waals surface area contributed by atoms with E-state index in [0.29, 0.717) is 0 Å². The highest BCUT2D eigenvalue weighted by Gasteiger charge is 2.31. The second kappa shape index (κ2) is 7.30. The highest BCUT2D eigenvalue weighted by Crippen LogP contribution is 2.32. The van der Waals surface area contributed by atoms with Gasteiger partial charge in [-0.15, -0.1) is 6.58 Å². The number of piperidine rings is 1. The van der Waals surface area contributed by atoms with Gasteiger partial charge in [0.1, 0.15) is 0 Å². The standard InChI is InChI=1S/C16H30N2/c1-3-4-7-12-18(2)13-15-11-10-14-8-5-6-9-16(14)17-15/h3,14-17H,1,4-13H2,2H3. The van der Waals surface area contributed by atoms with Gasteiger partial charge in [-0.1, -0.05) is 18.9 Å². The first-order valence-electron chi connectivity index (χ1n) is 7.85. The highest BCUT2D eigenvalue weighted by molar-refractivity contribution is 4.90. The molecule has 1 N–H and O–H groups in total. The summed E-state index contributed by atoms with van der Waals surface area (Å²) >= 11 is 0. The van der Waals surface area contributed by atoms with Gasteiger partial charge in [-0.25, -0.2) is 0 Å². The van der Waals surface area contributed by atoms with Gasteiger partial charge in [0.15, 0.2) is 0 Å². The number of likely N-dealkylation sites (N-methyl/N-ethyl adjacent to an activating group) is 1. The lowest BCUT2D eigenvalue weighted by Crippen LogP contribution is -2.52. The minimum absolute atomic E-state index is 0.734. The third kappa shape index (κ3) is 4.10. The van der Waals surface area contributed by atoms with Crippen molar-refractivity contribution in [2.75, 3.05) is 20.1 Å². The summed E-state index contributed by atoms with van der Waals surface area (Å²) in [5, 5.41) is 3.91. The Morgan fingerprint density at radius 2 is 2.06 bits per heavy atom. The van der Waals surface area contributed by atoms with Crippen LogP contribution in [0.3, 0.4) is 0 Å². The average Bonchev–Trinajstić information content (AvgIpc) is 2.39. The number of nitrogens with one attached hydrogen (secondary N) is 1. The molecule has 1 aliphatic heterocycles. The molecule has 0 amide bonds. The highest BCUT2D eigenvalue weighted by atomic mass is 15.1. The van der Waals surface area contributed by atoms with Crippen LogP contribution in [0.15, 0.2) is 12.7 Å². The van der Waals surface area contributed by atoms with Gasteiger partial charge < -0.3 is 10.2 Å². The second-order valence-corrected chi connectivity index (χ2v) is 6.29. The molecule has 1 aliphatic carbocycles. The molecule has 2 fully saturated rings. The molecule has 0 aromatic carbocycles. The van der Waals surface area contributed by atoms with Crippen molar-refractivity contribution in [1.29, 1.82) is 0 Å². The Labute approximate surface area is 113 Å². The molecule has 1 saturated heterocycles. The maximum atomic E-state index is 3.91. The Morgan fingerprint density at radius 3 is 2.89 bits per heavy atom. The third-order valence-electron chi connectivity index (χ3n) is 4.72. The van der Waals surface area contributed by atoms with Crippen molar-refractivity contribution < 1.29 is 0 Å². The number of hydrogen-bond donors (Lipinski definition) is 1. The first-order chi connectivity index (χ1) is 8.79. The zero-order valence-electron chi connectivity index (χ0n) is 12.0. The van der Waals surface area contributed by atoms with Crippen LogP contribution in [0.5, 0.6) is 0 Å². The van der Waals surface area contributed by atoms with Crippen LogP contribution in [0.25, 0.3) is 0 Å². The van der Waals surface area contributed by atoms with Crippen molar-refractivity contribution in [2.45, 2.75) is 63.5 Å². The van der Waals surface area contributed by atoms with Gasteiger partial charge >= 0.3 is 0 Å². The first-order valence-corrected chi connectivity index (χ1v) is 7.85. The monoisotopic (exact) mass is 250 g/mol. The average molecular weight is 250 g/mol. The van der Waals surface area contributed by atoms with Crippen LogP contribution in [-0.2, 0) is 0 Å². The summed E-state index contributed by atoms with van der Waals surface area (Å²) in [6.45, 7) is 6.22. The molecule has 1 heterocycles. The molecule has 104 valence electrons. The van der Waals surface area contributed by atoms with Crippen molar-refractivity contribution in [3.63, 3.8) is 0 Å².